The van der Waals surface area contributed by atoms with Crippen molar-refractivity contribution in [2.45, 2.75) is 6.18 Å². The maximum Gasteiger partial charge on any atom is 0.417 e. The van der Waals surface area contributed by atoms with Crippen LogP contribution in [0.5, 0.6) is 0 Å². The average Bonchev–Trinajstić information content (AvgIpc) is 2.35. The third-order valence-electron chi connectivity index (χ3n) is 2.32. The van der Waals surface area contributed by atoms with Crippen LogP contribution in [0.25, 0.3) is 0 Å². The summed E-state index contributed by atoms with van der Waals surface area (Å²) >= 11 is 8.47. The minimum absolute atomic E-state index is 0.0516. The fraction of sp³-hybridized carbons (Fsp3) is 0.0909. The Morgan fingerprint density at radius 2 is 2.00 bits per heavy atom. The molecule has 0 spiro atoms. The first-order valence-corrected chi connectivity index (χ1v) is 6.36. The van der Waals surface area contributed by atoms with E-state index in [0.29, 0.717) is 0 Å². The SMILES string of the molecule is Nc1cnc(Cl)nc1Nc1ccc(Br)c(C(F)(F)F)c1. The Balaban J connectivity index is 2.37. The van der Waals surface area contributed by atoms with Crippen molar-refractivity contribution < 1.29 is 13.2 Å². The van der Waals surface area contributed by atoms with Gasteiger partial charge in [-0.1, -0.05) is 15.9 Å². The number of nitrogens with zero attached hydrogens (tertiary/aromatic N) is 2. The van der Waals surface area contributed by atoms with Gasteiger partial charge < -0.3 is 11.1 Å². The molecule has 4 nitrogen and oxygen atoms in total. The normalized spacial score (nSPS) is 11.4. The summed E-state index contributed by atoms with van der Waals surface area (Å²) in [6.45, 7) is 0. The van der Waals surface area contributed by atoms with Gasteiger partial charge in [-0.2, -0.15) is 18.2 Å². The Labute approximate surface area is 125 Å². The van der Waals surface area contributed by atoms with Gasteiger partial charge in [0, 0.05) is 10.2 Å². The molecule has 2 aromatic rings. The predicted octanol–water partition coefficient (Wildman–Crippen LogP) is 4.24. The summed E-state index contributed by atoms with van der Waals surface area (Å²) in [7, 11) is 0. The number of alkyl halides is 3. The standard InChI is InChI=1S/C11H7BrClF3N4/c12-7-2-1-5(3-6(7)11(14,15)16)19-9-8(17)4-18-10(13)20-9/h1-4H,17H2,(H,18,19,20). The van der Waals surface area contributed by atoms with Crippen molar-refractivity contribution in [2.24, 2.45) is 0 Å². The fourth-order valence-corrected chi connectivity index (χ4v) is 2.03. The highest BCUT2D eigenvalue weighted by Gasteiger charge is 2.33. The highest BCUT2D eigenvalue weighted by Crippen LogP contribution is 2.37. The number of hydrogen-bond donors (Lipinski definition) is 2. The van der Waals surface area contributed by atoms with Crippen LogP contribution < -0.4 is 11.1 Å². The zero-order chi connectivity index (χ0) is 14.9. The van der Waals surface area contributed by atoms with Crippen LogP contribution in [0.15, 0.2) is 28.9 Å². The van der Waals surface area contributed by atoms with Crippen molar-refractivity contribution in [3.05, 3.63) is 39.7 Å². The molecular weight excluding hydrogens is 360 g/mol. The smallest absolute Gasteiger partial charge is 0.394 e. The number of hydrogen-bond acceptors (Lipinski definition) is 4. The number of aromatic nitrogens is 2. The maximum absolute atomic E-state index is 12.8. The van der Waals surface area contributed by atoms with Gasteiger partial charge in [-0.25, -0.2) is 4.98 Å². The average molecular weight is 368 g/mol. The van der Waals surface area contributed by atoms with Gasteiger partial charge in [-0.3, -0.25) is 0 Å². The van der Waals surface area contributed by atoms with Crippen molar-refractivity contribution >= 4 is 44.7 Å². The minimum atomic E-state index is -4.47. The Hall–Kier alpha value is -1.54. The van der Waals surface area contributed by atoms with Crippen LogP contribution in [0.4, 0.5) is 30.4 Å². The zero-order valence-electron chi connectivity index (χ0n) is 9.67. The molecule has 0 amide bonds. The Morgan fingerprint density at radius 1 is 1.30 bits per heavy atom. The summed E-state index contributed by atoms with van der Waals surface area (Å²) in [6.07, 6.45) is -3.20. The predicted molar refractivity (Wildman–Crippen MR) is 73.9 cm³/mol. The van der Waals surface area contributed by atoms with Gasteiger partial charge in [0.05, 0.1) is 17.4 Å². The summed E-state index contributed by atoms with van der Waals surface area (Å²) in [5, 5.41) is 2.61. The monoisotopic (exact) mass is 366 g/mol. The van der Waals surface area contributed by atoms with Crippen LogP contribution >= 0.6 is 27.5 Å². The number of nitrogens with one attached hydrogen (secondary N) is 1. The van der Waals surface area contributed by atoms with Gasteiger partial charge in [0.15, 0.2) is 5.82 Å². The molecule has 0 radical (unpaired) electrons. The molecule has 0 aliphatic heterocycles. The number of nitrogen functional groups attached to an aromatic ring is 1. The molecule has 1 aromatic carbocycles. The van der Waals surface area contributed by atoms with Crippen LogP contribution in [0, 0.1) is 0 Å². The van der Waals surface area contributed by atoms with E-state index in [4.69, 9.17) is 17.3 Å². The third-order valence-corrected chi connectivity index (χ3v) is 3.20. The Morgan fingerprint density at radius 3 is 2.65 bits per heavy atom. The van der Waals surface area contributed by atoms with Crippen molar-refractivity contribution in [1.82, 2.24) is 9.97 Å². The molecule has 1 heterocycles. The molecule has 20 heavy (non-hydrogen) atoms. The molecule has 2 rings (SSSR count). The highest BCUT2D eigenvalue weighted by molar-refractivity contribution is 9.10. The van der Waals surface area contributed by atoms with E-state index in [-0.39, 0.29) is 26.9 Å². The lowest BCUT2D eigenvalue weighted by Crippen LogP contribution is -2.07. The molecule has 0 unspecified atom stereocenters. The quantitative estimate of drug-likeness (QED) is 0.780. The van der Waals surface area contributed by atoms with Crippen molar-refractivity contribution in [3.63, 3.8) is 0 Å². The maximum atomic E-state index is 12.8. The van der Waals surface area contributed by atoms with Crippen LogP contribution in [0.1, 0.15) is 5.56 Å². The van der Waals surface area contributed by atoms with Crippen LogP contribution in [-0.2, 0) is 6.18 Å². The first kappa shape index (κ1) is 14.9. The van der Waals surface area contributed by atoms with E-state index in [1.165, 1.54) is 18.3 Å². The lowest BCUT2D eigenvalue weighted by atomic mass is 10.2. The lowest BCUT2D eigenvalue weighted by Gasteiger charge is -2.13. The number of nitrogens with two attached hydrogens (primary N) is 1. The summed E-state index contributed by atoms with van der Waals surface area (Å²) in [6, 6.07) is 3.68. The molecule has 106 valence electrons. The number of rotatable bonds is 2. The van der Waals surface area contributed by atoms with E-state index in [1.807, 2.05) is 0 Å². The molecule has 3 N–H and O–H groups in total. The van der Waals surface area contributed by atoms with Gasteiger partial charge >= 0.3 is 6.18 Å². The first-order valence-electron chi connectivity index (χ1n) is 5.19. The topological polar surface area (TPSA) is 63.8 Å². The molecule has 0 fully saturated rings. The Kier molecular flexibility index (Phi) is 4.05. The second-order valence-corrected chi connectivity index (χ2v) is 4.95. The van der Waals surface area contributed by atoms with Gasteiger partial charge in [-0.15, -0.1) is 0 Å². The molecule has 0 aliphatic carbocycles. The summed E-state index contributed by atoms with van der Waals surface area (Å²) in [5.41, 5.74) is 5.16. The zero-order valence-corrected chi connectivity index (χ0v) is 12.0. The molecule has 9 heteroatoms. The molecule has 0 aliphatic rings. The van der Waals surface area contributed by atoms with E-state index in [9.17, 15) is 13.2 Å². The molecule has 0 saturated heterocycles. The number of halogens is 5. The van der Waals surface area contributed by atoms with Crippen molar-refractivity contribution in [1.29, 1.82) is 0 Å². The largest absolute Gasteiger partial charge is 0.417 e. The van der Waals surface area contributed by atoms with E-state index >= 15 is 0 Å². The number of anilines is 3. The lowest BCUT2D eigenvalue weighted by molar-refractivity contribution is -0.138. The van der Waals surface area contributed by atoms with Crippen LogP contribution in [-0.4, -0.2) is 9.97 Å². The van der Waals surface area contributed by atoms with E-state index in [0.717, 1.165) is 6.07 Å². The molecule has 1 aromatic heterocycles. The highest BCUT2D eigenvalue weighted by atomic mass is 79.9. The van der Waals surface area contributed by atoms with E-state index in [2.05, 4.69) is 31.2 Å². The van der Waals surface area contributed by atoms with Gasteiger partial charge in [0.25, 0.3) is 0 Å². The molecular formula is C11H7BrClF3N4. The van der Waals surface area contributed by atoms with Crippen LogP contribution in [0.3, 0.4) is 0 Å². The summed E-state index contributed by atoms with van der Waals surface area (Å²) in [5.74, 6) is 0.139. The number of benzene rings is 1. The Bertz CT molecular complexity index is 648. The van der Waals surface area contributed by atoms with Gasteiger partial charge in [0.1, 0.15) is 0 Å². The van der Waals surface area contributed by atoms with Gasteiger partial charge in [-0.05, 0) is 29.8 Å². The van der Waals surface area contributed by atoms with Gasteiger partial charge in [0.2, 0.25) is 5.28 Å². The second-order valence-electron chi connectivity index (χ2n) is 3.76. The second kappa shape index (κ2) is 5.45. The fourth-order valence-electron chi connectivity index (χ4n) is 1.43. The molecule has 0 bridgehead atoms. The first-order chi connectivity index (χ1) is 9.27. The van der Waals surface area contributed by atoms with Crippen molar-refractivity contribution in [3.8, 4) is 0 Å². The van der Waals surface area contributed by atoms with E-state index in [1.54, 1.807) is 0 Å². The van der Waals surface area contributed by atoms with Crippen molar-refractivity contribution in [2.75, 3.05) is 11.1 Å². The third kappa shape index (κ3) is 3.31. The molecule has 0 saturated carbocycles. The summed E-state index contributed by atoms with van der Waals surface area (Å²) < 4.78 is 38.3. The summed E-state index contributed by atoms with van der Waals surface area (Å²) in [4.78, 5) is 7.46. The van der Waals surface area contributed by atoms with Crippen LogP contribution in [0.2, 0.25) is 5.28 Å². The van der Waals surface area contributed by atoms with E-state index < -0.39 is 11.7 Å². The minimum Gasteiger partial charge on any atom is -0.394 e. The molecule has 0 atom stereocenters.